The van der Waals surface area contributed by atoms with Crippen molar-refractivity contribution >= 4 is 34.2 Å². The Morgan fingerprint density at radius 3 is 2.71 bits per heavy atom. The van der Waals surface area contributed by atoms with E-state index >= 15 is 0 Å². The molecule has 140 valence electrons. The number of para-hydroxylation sites is 1. The molecule has 0 fully saturated rings. The standard InChI is InChI=1S/C20H16ClN5O2/c21-14-5-4-6-15(11-14)24-18(27)9-10-25-13-22-19-17(20(25)28)12-23-26(19)16-7-2-1-3-8-16/h1-8,11-13H,9-10H2,(H,24,27). The van der Waals surface area contributed by atoms with Gasteiger partial charge in [-0.3, -0.25) is 14.2 Å². The zero-order chi connectivity index (χ0) is 19.5. The third-order valence-corrected chi connectivity index (χ3v) is 4.48. The van der Waals surface area contributed by atoms with Gasteiger partial charge in [0.2, 0.25) is 5.91 Å². The summed E-state index contributed by atoms with van der Waals surface area (Å²) in [5, 5.41) is 7.98. The Balaban J connectivity index is 1.51. The van der Waals surface area contributed by atoms with Crippen LogP contribution in [0.4, 0.5) is 5.69 Å². The van der Waals surface area contributed by atoms with Gasteiger partial charge in [0.1, 0.15) is 5.39 Å². The Hall–Kier alpha value is -3.45. The number of carbonyl (C=O) groups is 1. The first-order valence-electron chi connectivity index (χ1n) is 8.66. The molecule has 7 nitrogen and oxygen atoms in total. The number of halogens is 1. The molecule has 0 aliphatic heterocycles. The molecule has 1 amide bonds. The van der Waals surface area contributed by atoms with Crippen molar-refractivity contribution in [3.05, 3.63) is 82.5 Å². The van der Waals surface area contributed by atoms with E-state index in [2.05, 4.69) is 15.4 Å². The van der Waals surface area contributed by atoms with Gasteiger partial charge in [-0.1, -0.05) is 35.9 Å². The third kappa shape index (κ3) is 3.65. The molecule has 0 saturated carbocycles. The summed E-state index contributed by atoms with van der Waals surface area (Å²) in [6, 6.07) is 16.4. The average molecular weight is 394 g/mol. The second kappa shape index (κ2) is 7.66. The maximum absolute atomic E-state index is 12.7. The molecule has 28 heavy (non-hydrogen) atoms. The van der Waals surface area contributed by atoms with E-state index in [9.17, 15) is 9.59 Å². The van der Waals surface area contributed by atoms with Crippen LogP contribution in [0.1, 0.15) is 6.42 Å². The summed E-state index contributed by atoms with van der Waals surface area (Å²) >= 11 is 5.91. The largest absolute Gasteiger partial charge is 0.326 e. The molecule has 0 spiro atoms. The van der Waals surface area contributed by atoms with Crippen LogP contribution in [-0.4, -0.2) is 25.2 Å². The molecule has 0 aliphatic carbocycles. The van der Waals surface area contributed by atoms with E-state index in [4.69, 9.17) is 11.6 Å². The lowest BCUT2D eigenvalue weighted by molar-refractivity contribution is -0.116. The van der Waals surface area contributed by atoms with Gasteiger partial charge < -0.3 is 5.32 Å². The first-order valence-corrected chi connectivity index (χ1v) is 9.03. The van der Waals surface area contributed by atoms with Crippen molar-refractivity contribution < 1.29 is 4.79 Å². The number of aromatic nitrogens is 4. The quantitative estimate of drug-likeness (QED) is 0.564. The van der Waals surface area contributed by atoms with Crippen molar-refractivity contribution in [2.75, 3.05) is 5.32 Å². The molecule has 2 aromatic heterocycles. The number of nitrogens with one attached hydrogen (secondary N) is 1. The van der Waals surface area contributed by atoms with Crippen LogP contribution < -0.4 is 10.9 Å². The number of amides is 1. The van der Waals surface area contributed by atoms with E-state index in [1.807, 2.05) is 30.3 Å². The first kappa shape index (κ1) is 17.9. The highest BCUT2D eigenvalue weighted by atomic mass is 35.5. The van der Waals surface area contributed by atoms with Gasteiger partial charge in [-0.2, -0.15) is 5.10 Å². The number of rotatable bonds is 5. The van der Waals surface area contributed by atoms with Crippen molar-refractivity contribution in [1.29, 1.82) is 0 Å². The van der Waals surface area contributed by atoms with Gasteiger partial charge in [-0.25, -0.2) is 9.67 Å². The Morgan fingerprint density at radius 1 is 1.11 bits per heavy atom. The molecule has 0 radical (unpaired) electrons. The van der Waals surface area contributed by atoms with E-state index in [0.29, 0.717) is 21.7 Å². The van der Waals surface area contributed by atoms with E-state index in [0.717, 1.165) is 5.69 Å². The number of nitrogens with zero attached hydrogens (tertiary/aromatic N) is 4. The molecule has 2 aromatic carbocycles. The molecular formula is C20H16ClN5O2. The topological polar surface area (TPSA) is 81.8 Å². The maximum Gasteiger partial charge on any atom is 0.264 e. The van der Waals surface area contributed by atoms with Gasteiger partial charge in [0.05, 0.1) is 18.2 Å². The molecule has 0 atom stereocenters. The molecule has 0 unspecified atom stereocenters. The van der Waals surface area contributed by atoms with Crippen molar-refractivity contribution in [2.45, 2.75) is 13.0 Å². The van der Waals surface area contributed by atoms with Gasteiger partial charge >= 0.3 is 0 Å². The zero-order valence-electron chi connectivity index (χ0n) is 14.7. The van der Waals surface area contributed by atoms with Crippen LogP contribution in [0.25, 0.3) is 16.7 Å². The number of aryl methyl sites for hydroxylation is 1. The van der Waals surface area contributed by atoms with Crippen LogP contribution in [0.2, 0.25) is 5.02 Å². The molecule has 8 heteroatoms. The Morgan fingerprint density at radius 2 is 1.93 bits per heavy atom. The summed E-state index contributed by atoms with van der Waals surface area (Å²) in [5.41, 5.74) is 1.68. The predicted molar refractivity (Wildman–Crippen MR) is 108 cm³/mol. The molecule has 0 aliphatic rings. The van der Waals surface area contributed by atoms with Crippen LogP contribution in [0.15, 0.2) is 71.9 Å². The van der Waals surface area contributed by atoms with Gasteiger partial charge in [-0.15, -0.1) is 0 Å². The fraction of sp³-hybridized carbons (Fsp3) is 0.100. The summed E-state index contributed by atoms with van der Waals surface area (Å²) < 4.78 is 3.03. The highest BCUT2D eigenvalue weighted by Gasteiger charge is 2.12. The second-order valence-corrected chi connectivity index (χ2v) is 6.62. The maximum atomic E-state index is 12.7. The number of benzene rings is 2. The number of hydrogen-bond acceptors (Lipinski definition) is 4. The lowest BCUT2D eigenvalue weighted by Gasteiger charge is -2.08. The van der Waals surface area contributed by atoms with Gasteiger partial charge in [0, 0.05) is 23.7 Å². The molecule has 4 aromatic rings. The lowest BCUT2D eigenvalue weighted by Crippen LogP contribution is -2.23. The molecular weight excluding hydrogens is 378 g/mol. The summed E-state index contributed by atoms with van der Waals surface area (Å²) in [6.45, 7) is 0.213. The van der Waals surface area contributed by atoms with Crippen LogP contribution in [-0.2, 0) is 11.3 Å². The fourth-order valence-corrected chi connectivity index (χ4v) is 3.07. The number of anilines is 1. The lowest BCUT2D eigenvalue weighted by atomic mass is 10.3. The monoisotopic (exact) mass is 393 g/mol. The molecule has 0 saturated heterocycles. The van der Waals surface area contributed by atoms with Gasteiger partial charge in [0.25, 0.3) is 5.56 Å². The highest BCUT2D eigenvalue weighted by Crippen LogP contribution is 2.15. The van der Waals surface area contributed by atoms with Gasteiger partial charge in [-0.05, 0) is 30.3 Å². The van der Waals surface area contributed by atoms with Crippen molar-refractivity contribution in [1.82, 2.24) is 19.3 Å². The molecule has 2 heterocycles. The zero-order valence-corrected chi connectivity index (χ0v) is 15.5. The highest BCUT2D eigenvalue weighted by molar-refractivity contribution is 6.30. The van der Waals surface area contributed by atoms with Crippen molar-refractivity contribution in [3.8, 4) is 5.69 Å². The molecule has 1 N–H and O–H groups in total. The Bertz CT molecular complexity index is 1200. The summed E-state index contributed by atoms with van der Waals surface area (Å²) in [6.07, 6.45) is 3.07. The van der Waals surface area contributed by atoms with Crippen LogP contribution in [0, 0.1) is 0 Å². The predicted octanol–water partition coefficient (Wildman–Crippen LogP) is 3.26. The van der Waals surface area contributed by atoms with E-state index in [1.54, 1.807) is 28.9 Å². The Kier molecular flexibility index (Phi) is 4.90. The average Bonchev–Trinajstić information content (AvgIpc) is 3.13. The van der Waals surface area contributed by atoms with E-state index in [1.165, 1.54) is 17.1 Å². The normalized spacial score (nSPS) is 10.9. The van der Waals surface area contributed by atoms with Crippen LogP contribution >= 0.6 is 11.6 Å². The van der Waals surface area contributed by atoms with Crippen LogP contribution in [0.5, 0.6) is 0 Å². The van der Waals surface area contributed by atoms with Gasteiger partial charge in [0.15, 0.2) is 5.65 Å². The van der Waals surface area contributed by atoms with E-state index < -0.39 is 0 Å². The SMILES string of the molecule is O=C(CCn1cnc2c(cnn2-c2ccccc2)c1=O)Nc1cccc(Cl)c1. The minimum atomic E-state index is -0.234. The first-order chi connectivity index (χ1) is 13.6. The fourth-order valence-electron chi connectivity index (χ4n) is 2.88. The third-order valence-electron chi connectivity index (χ3n) is 4.24. The number of hydrogen-bond donors (Lipinski definition) is 1. The van der Waals surface area contributed by atoms with Crippen LogP contribution in [0.3, 0.4) is 0 Å². The minimum absolute atomic E-state index is 0.131. The number of fused-ring (bicyclic) bond motifs is 1. The summed E-state index contributed by atoms with van der Waals surface area (Å²) in [4.78, 5) is 29.2. The smallest absolute Gasteiger partial charge is 0.264 e. The van der Waals surface area contributed by atoms with E-state index in [-0.39, 0.29) is 24.4 Å². The van der Waals surface area contributed by atoms with Crippen molar-refractivity contribution in [2.24, 2.45) is 0 Å². The Labute approximate surface area is 165 Å². The second-order valence-electron chi connectivity index (χ2n) is 6.18. The molecule has 4 rings (SSSR count). The molecule has 0 bridgehead atoms. The number of carbonyl (C=O) groups excluding carboxylic acids is 1. The summed E-state index contributed by atoms with van der Waals surface area (Å²) in [7, 11) is 0. The summed E-state index contributed by atoms with van der Waals surface area (Å²) in [5.74, 6) is -0.214. The minimum Gasteiger partial charge on any atom is -0.326 e. The van der Waals surface area contributed by atoms with Crippen molar-refractivity contribution in [3.63, 3.8) is 0 Å².